The predicted molar refractivity (Wildman–Crippen MR) is 142 cm³/mol. The standard InChI is InChI=1S/C26H36N6O4S/c1-4-10-37-25-28-23(27-18-12-17(18)15-8-6-5-7-9-15)20-24(29-25)32(31-30-20)19-11-16(21(33)22(19)34)13-36-14-26(2,3)35/h5-9,16-19,21-22,33-35H,4,10-14H2,1-3H3,(H,27,28,29)/t16-,17?,18?,19-,21-,22+/m0/s1. The van der Waals surface area contributed by atoms with Crippen LogP contribution >= 0.6 is 11.8 Å². The summed E-state index contributed by atoms with van der Waals surface area (Å²) in [5.41, 5.74) is 1.44. The van der Waals surface area contributed by atoms with Gasteiger partial charge in [-0.1, -0.05) is 54.2 Å². The summed E-state index contributed by atoms with van der Waals surface area (Å²) in [6, 6.07) is 10.2. The second kappa shape index (κ2) is 10.8. The Labute approximate surface area is 220 Å². The summed E-state index contributed by atoms with van der Waals surface area (Å²) < 4.78 is 7.26. The molecule has 2 unspecified atom stereocenters. The van der Waals surface area contributed by atoms with E-state index in [2.05, 4.69) is 46.8 Å². The van der Waals surface area contributed by atoms with Gasteiger partial charge in [0.25, 0.3) is 0 Å². The number of fused-ring (bicyclic) bond motifs is 1. The molecule has 0 spiro atoms. The third-order valence-electron chi connectivity index (χ3n) is 6.95. The molecule has 0 aliphatic heterocycles. The van der Waals surface area contributed by atoms with Crippen molar-refractivity contribution in [3.63, 3.8) is 0 Å². The van der Waals surface area contributed by atoms with E-state index in [9.17, 15) is 15.3 Å². The van der Waals surface area contributed by atoms with Crippen molar-refractivity contribution in [1.82, 2.24) is 25.0 Å². The number of nitrogens with zero attached hydrogens (tertiary/aromatic N) is 5. The van der Waals surface area contributed by atoms with Crippen molar-refractivity contribution in [3.05, 3.63) is 35.9 Å². The number of anilines is 1. The van der Waals surface area contributed by atoms with Gasteiger partial charge >= 0.3 is 0 Å². The number of aliphatic hydroxyl groups is 3. The molecular formula is C26H36N6O4S. The first-order valence-corrected chi connectivity index (χ1v) is 14.0. The molecule has 6 atom stereocenters. The first-order chi connectivity index (χ1) is 17.7. The van der Waals surface area contributed by atoms with Gasteiger partial charge in [0.2, 0.25) is 0 Å². The zero-order chi connectivity index (χ0) is 26.2. The molecule has 2 aliphatic carbocycles. The number of thioether (sulfide) groups is 1. The summed E-state index contributed by atoms with van der Waals surface area (Å²) in [5.74, 6) is 1.66. The van der Waals surface area contributed by atoms with Gasteiger partial charge in [-0.3, -0.25) is 0 Å². The molecule has 11 heteroatoms. The van der Waals surface area contributed by atoms with Crippen molar-refractivity contribution < 1.29 is 20.1 Å². The molecule has 200 valence electrons. The largest absolute Gasteiger partial charge is 0.390 e. The highest BCUT2D eigenvalue weighted by Crippen LogP contribution is 2.43. The van der Waals surface area contributed by atoms with Gasteiger partial charge in [0, 0.05) is 23.6 Å². The lowest BCUT2D eigenvalue weighted by Gasteiger charge is -2.20. The predicted octanol–water partition coefficient (Wildman–Crippen LogP) is 2.76. The van der Waals surface area contributed by atoms with Crippen molar-refractivity contribution in [1.29, 1.82) is 0 Å². The van der Waals surface area contributed by atoms with Gasteiger partial charge in [-0.25, -0.2) is 14.6 Å². The van der Waals surface area contributed by atoms with Gasteiger partial charge in [-0.15, -0.1) is 5.10 Å². The van der Waals surface area contributed by atoms with Crippen LogP contribution in [0.5, 0.6) is 0 Å². The molecule has 2 aliphatic rings. The Morgan fingerprint density at radius 1 is 1.14 bits per heavy atom. The van der Waals surface area contributed by atoms with Crippen LogP contribution in [0.15, 0.2) is 35.5 Å². The smallest absolute Gasteiger partial charge is 0.191 e. The molecule has 0 radical (unpaired) electrons. The second-order valence-corrected chi connectivity index (χ2v) is 11.8. The molecule has 37 heavy (non-hydrogen) atoms. The minimum Gasteiger partial charge on any atom is -0.390 e. The van der Waals surface area contributed by atoms with E-state index in [1.807, 2.05) is 6.07 Å². The fourth-order valence-electron chi connectivity index (χ4n) is 4.96. The van der Waals surface area contributed by atoms with Crippen molar-refractivity contribution in [2.45, 2.75) is 81.0 Å². The lowest BCUT2D eigenvalue weighted by Crippen LogP contribution is -2.33. The van der Waals surface area contributed by atoms with Crippen LogP contribution in [0.4, 0.5) is 5.82 Å². The van der Waals surface area contributed by atoms with Crippen molar-refractivity contribution in [2.24, 2.45) is 5.92 Å². The Kier molecular flexibility index (Phi) is 7.69. The van der Waals surface area contributed by atoms with Crippen LogP contribution in [0.1, 0.15) is 57.6 Å². The van der Waals surface area contributed by atoms with Crippen molar-refractivity contribution in [2.75, 3.05) is 24.3 Å². The molecule has 2 aromatic heterocycles. The molecule has 4 N–H and O–H groups in total. The average molecular weight is 529 g/mol. The number of benzene rings is 1. The van der Waals surface area contributed by atoms with Crippen LogP contribution in [0.25, 0.3) is 11.2 Å². The third kappa shape index (κ3) is 5.91. The first kappa shape index (κ1) is 26.3. The normalized spacial score (nSPS) is 27.6. The fourth-order valence-corrected chi connectivity index (χ4v) is 5.65. The maximum atomic E-state index is 10.9. The monoisotopic (exact) mass is 528 g/mol. The minimum absolute atomic E-state index is 0.147. The first-order valence-electron chi connectivity index (χ1n) is 13.0. The van der Waals surface area contributed by atoms with Gasteiger partial charge < -0.3 is 25.4 Å². The quantitative estimate of drug-likeness (QED) is 0.217. The maximum Gasteiger partial charge on any atom is 0.191 e. The van der Waals surface area contributed by atoms with Crippen LogP contribution in [-0.2, 0) is 4.74 Å². The summed E-state index contributed by atoms with van der Waals surface area (Å²) in [7, 11) is 0. The molecule has 3 aromatic rings. The summed E-state index contributed by atoms with van der Waals surface area (Å²) in [6.07, 6.45) is 0.448. The van der Waals surface area contributed by atoms with Crippen LogP contribution < -0.4 is 5.32 Å². The molecule has 2 heterocycles. The molecule has 0 amide bonds. The number of hydrogen-bond donors (Lipinski definition) is 4. The van der Waals surface area contributed by atoms with Crippen molar-refractivity contribution in [3.8, 4) is 0 Å². The van der Waals surface area contributed by atoms with Gasteiger partial charge in [0.1, 0.15) is 6.10 Å². The summed E-state index contributed by atoms with van der Waals surface area (Å²) in [4.78, 5) is 9.52. The Morgan fingerprint density at radius 2 is 1.92 bits per heavy atom. The topological polar surface area (TPSA) is 138 Å². The van der Waals surface area contributed by atoms with E-state index in [0.717, 1.165) is 18.6 Å². The van der Waals surface area contributed by atoms with Gasteiger partial charge in [-0.05, 0) is 38.7 Å². The second-order valence-electron chi connectivity index (χ2n) is 10.8. The number of aliphatic hydroxyl groups excluding tert-OH is 2. The maximum absolute atomic E-state index is 10.9. The highest BCUT2D eigenvalue weighted by molar-refractivity contribution is 7.99. The molecule has 2 fully saturated rings. The van der Waals surface area contributed by atoms with E-state index in [1.54, 1.807) is 30.3 Å². The van der Waals surface area contributed by atoms with Gasteiger partial charge in [-0.2, -0.15) is 0 Å². The average Bonchev–Trinajstić information content (AvgIpc) is 3.42. The molecule has 10 nitrogen and oxygen atoms in total. The zero-order valence-electron chi connectivity index (χ0n) is 21.5. The lowest BCUT2D eigenvalue weighted by molar-refractivity contribution is -0.0529. The Hall–Kier alpha value is -2.31. The highest BCUT2D eigenvalue weighted by atomic mass is 32.2. The van der Waals surface area contributed by atoms with E-state index < -0.39 is 23.9 Å². The van der Waals surface area contributed by atoms with Crippen LogP contribution in [0.2, 0.25) is 0 Å². The lowest BCUT2D eigenvalue weighted by atomic mass is 10.1. The van der Waals surface area contributed by atoms with E-state index in [0.29, 0.717) is 34.5 Å². The SMILES string of the molecule is CCCSc1nc(NC2CC2c2ccccc2)c2nnn([C@H]3C[C@@H](COCC(C)(C)O)[C@H](O)[C@@H]3O)c2n1. The highest BCUT2D eigenvalue weighted by Gasteiger charge is 2.44. The van der Waals surface area contributed by atoms with E-state index in [-0.39, 0.29) is 25.2 Å². The van der Waals surface area contributed by atoms with Crippen LogP contribution in [0.3, 0.4) is 0 Å². The summed E-state index contributed by atoms with van der Waals surface area (Å²) >= 11 is 1.58. The fraction of sp³-hybridized carbons (Fsp3) is 0.615. The van der Waals surface area contributed by atoms with E-state index in [1.165, 1.54) is 5.56 Å². The van der Waals surface area contributed by atoms with Gasteiger partial charge in [0.05, 0.1) is 31.0 Å². The number of rotatable bonds is 11. The minimum atomic E-state index is -1.04. The summed E-state index contributed by atoms with van der Waals surface area (Å²) in [6.45, 7) is 5.82. The number of ether oxygens (including phenoxy) is 1. The number of aromatic nitrogens is 5. The number of nitrogens with one attached hydrogen (secondary N) is 1. The zero-order valence-corrected chi connectivity index (χ0v) is 22.3. The summed E-state index contributed by atoms with van der Waals surface area (Å²) in [5, 5.41) is 44.5. The third-order valence-corrected chi connectivity index (χ3v) is 8.00. The molecule has 0 bridgehead atoms. The molecule has 0 saturated heterocycles. The van der Waals surface area contributed by atoms with Gasteiger partial charge in [0.15, 0.2) is 22.1 Å². The molecule has 5 rings (SSSR count). The van der Waals surface area contributed by atoms with Crippen molar-refractivity contribution >= 4 is 28.7 Å². The van der Waals surface area contributed by atoms with Crippen LogP contribution in [-0.4, -0.2) is 83.1 Å². The molecule has 1 aromatic carbocycles. The van der Waals surface area contributed by atoms with Crippen LogP contribution in [0, 0.1) is 5.92 Å². The Balaban J connectivity index is 1.38. The Bertz CT molecular complexity index is 1200. The van der Waals surface area contributed by atoms with E-state index >= 15 is 0 Å². The van der Waals surface area contributed by atoms with E-state index in [4.69, 9.17) is 14.7 Å². The molecular weight excluding hydrogens is 492 g/mol. The molecule has 2 saturated carbocycles. The number of hydrogen-bond acceptors (Lipinski definition) is 10. The Morgan fingerprint density at radius 3 is 2.65 bits per heavy atom.